The summed E-state index contributed by atoms with van der Waals surface area (Å²) < 4.78 is 10.1. The highest BCUT2D eigenvalue weighted by Gasteiger charge is 2.14. The molecule has 0 aliphatic carbocycles. The smallest absolute Gasteiger partial charge is 0.413 e. The van der Waals surface area contributed by atoms with Crippen LogP contribution >= 0.6 is 0 Å². The lowest BCUT2D eigenvalue weighted by atomic mass is 10.1. The van der Waals surface area contributed by atoms with Crippen LogP contribution in [0.1, 0.15) is 58.1 Å². The topological polar surface area (TPSA) is 109 Å². The lowest BCUT2D eigenvalue weighted by Crippen LogP contribution is -2.44. The average molecular weight is 379 g/mol. The number of aromatic hydroxyl groups is 1. The van der Waals surface area contributed by atoms with Crippen molar-refractivity contribution in [3.63, 3.8) is 0 Å². The minimum absolute atomic E-state index is 0.0569. The number of benzene rings is 1. The summed E-state index contributed by atoms with van der Waals surface area (Å²) in [6, 6.07) is 6.12. The molecule has 0 aliphatic heterocycles. The number of nitrogens with zero attached hydrogens (tertiary/aromatic N) is 1. The third-order valence-electron chi connectivity index (χ3n) is 3.60. The van der Waals surface area contributed by atoms with Crippen LogP contribution in [0.4, 0.5) is 9.59 Å². The Labute approximate surface area is 160 Å². The van der Waals surface area contributed by atoms with Gasteiger partial charge in [-0.25, -0.2) is 14.6 Å². The van der Waals surface area contributed by atoms with Gasteiger partial charge < -0.3 is 14.6 Å². The van der Waals surface area contributed by atoms with Gasteiger partial charge >= 0.3 is 12.2 Å². The second-order valence-corrected chi connectivity index (χ2v) is 5.97. The number of unbranched alkanes of at least 4 members (excludes halogenated alkanes) is 2. The third-order valence-corrected chi connectivity index (χ3v) is 3.60. The lowest BCUT2D eigenvalue weighted by molar-refractivity contribution is 0.146. The van der Waals surface area contributed by atoms with Crippen LogP contribution < -0.4 is 10.6 Å². The Hall–Kier alpha value is -2.77. The van der Waals surface area contributed by atoms with Gasteiger partial charge in [0.1, 0.15) is 5.75 Å². The molecule has 27 heavy (non-hydrogen) atoms. The normalized spacial score (nSPS) is 11.2. The van der Waals surface area contributed by atoms with Crippen molar-refractivity contribution in [1.82, 2.24) is 10.6 Å². The maximum absolute atomic E-state index is 11.9. The lowest BCUT2D eigenvalue weighted by Gasteiger charge is -2.14. The van der Waals surface area contributed by atoms with Gasteiger partial charge in [-0.15, -0.1) is 0 Å². The molecule has 8 heteroatoms. The number of hydrogen-bond donors (Lipinski definition) is 3. The Kier molecular flexibility index (Phi) is 10.4. The van der Waals surface area contributed by atoms with Crippen molar-refractivity contribution in [3.8, 4) is 5.75 Å². The quantitative estimate of drug-likeness (QED) is 0.361. The van der Waals surface area contributed by atoms with E-state index in [1.807, 2.05) is 13.8 Å². The largest absolute Gasteiger partial charge is 0.508 e. The van der Waals surface area contributed by atoms with Gasteiger partial charge in [-0.1, -0.05) is 38.8 Å². The zero-order valence-corrected chi connectivity index (χ0v) is 16.2. The second kappa shape index (κ2) is 12.6. The number of rotatable bonds is 8. The molecule has 0 spiro atoms. The molecule has 1 aromatic carbocycles. The first kappa shape index (κ1) is 22.3. The minimum atomic E-state index is -0.700. The van der Waals surface area contributed by atoms with Gasteiger partial charge in [0.2, 0.25) is 5.96 Å². The van der Waals surface area contributed by atoms with E-state index >= 15 is 0 Å². The molecule has 0 aromatic heterocycles. The number of guanidine groups is 1. The highest BCUT2D eigenvalue weighted by molar-refractivity contribution is 6.01. The Morgan fingerprint density at radius 3 is 1.93 bits per heavy atom. The maximum Gasteiger partial charge on any atom is 0.413 e. The van der Waals surface area contributed by atoms with Gasteiger partial charge in [0.15, 0.2) is 0 Å². The molecule has 0 radical (unpaired) electrons. The predicted octanol–water partition coefficient (Wildman–Crippen LogP) is 3.86. The molecular weight excluding hydrogens is 350 g/mol. The van der Waals surface area contributed by atoms with Crippen molar-refractivity contribution in [2.45, 2.75) is 52.5 Å². The molecule has 150 valence electrons. The maximum atomic E-state index is 11.9. The SMILES string of the molecule is CCCCOC(=O)NC(=NC(C)c1ccc(O)cc1)NC(=O)OCCCC. The Morgan fingerprint density at radius 2 is 1.48 bits per heavy atom. The van der Waals surface area contributed by atoms with Crippen LogP contribution in [-0.2, 0) is 9.47 Å². The number of phenolic OH excluding ortho intramolecular Hbond substituents is 1. The van der Waals surface area contributed by atoms with E-state index in [1.165, 1.54) is 0 Å². The third kappa shape index (κ3) is 9.48. The molecule has 3 N–H and O–H groups in total. The standard InChI is InChI=1S/C19H29N3O5/c1-4-6-12-26-18(24)21-17(22-19(25)27-13-7-5-2)20-14(3)15-8-10-16(23)11-9-15/h8-11,14,23H,4-7,12-13H2,1-3H3,(H2,20,21,22,24,25). The van der Waals surface area contributed by atoms with Crippen LogP contribution in [0.3, 0.4) is 0 Å². The average Bonchev–Trinajstić information content (AvgIpc) is 2.62. The van der Waals surface area contributed by atoms with Crippen LogP contribution in [0.5, 0.6) is 5.75 Å². The van der Waals surface area contributed by atoms with Crippen molar-refractivity contribution in [1.29, 1.82) is 0 Å². The van der Waals surface area contributed by atoms with Crippen molar-refractivity contribution in [2.75, 3.05) is 13.2 Å². The molecule has 0 fully saturated rings. The molecule has 0 saturated carbocycles. The van der Waals surface area contributed by atoms with E-state index < -0.39 is 12.2 Å². The summed E-state index contributed by atoms with van der Waals surface area (Å²) in [5.74, 6) is 0.0870. The van der Waals surface area contributed by atoms with E-state index in [9.17, 15) is 14.7 Å². The van der Waals surface area contributed by atoms with E-state index in [1.54, 1.807) is 31.2 Å². The monoisotopic (exact) mass is 379 g/mol. The molecule has 1 aromatic rings. The van der Waals surface area contributed by atoms with Crippen molar-refractivity contribution in [3.05, 3.63) is 29.8 Å². The van der Waals surface area contributed by atoms with Gasteiger partial charge in [-0.3, -0.25) is 10.6 Å². The number of carbonyl (C=O) groups excluding carboxylic acids is 2. The molecule has 8 nitrogen and oxygen atoms in total. The summed E-state index contributed by atoms with van der Waals surface area (Å²) in [6.45, 7) is 6.33. The fourth-order valence-corrected chi connectivity index (χ4v) is 2.00. The van der Waals surface area contributed by atoms with E-state index in [-0.39, 0.29) is 31.0 Å². The summed E-state index contributed by atoms with van der Waals surface area (Å²) in [6.07, 6.45) is 1.89. The highest BCUT2D eigenvalue weighted by Crippen LogP contribution is 2.19. The molecular formula is C19H29N3O5. The number of alkyl carbamates (subject to hydrolysis) is 2. The molecule has 0 aliphatic rings. The fourth-order valence-electron chi connectivity index (χ4n) is 2.00. The van der Waals surface area contributed by atoms with Gasteiger partial charge in [0.25, 0.3) is 0 Å². The molecule has 1 rings (SSSR count). The summed E-state index contributed by atoms with van der Waals surface area (Å²) >= 11 is 0. The number of nitrogens with one attached hydrogen (secondary N) is 2. The Balaban J connectivity index is 2.79. The summed E-state index contributed by atoms with van der Waals surface area (Å²) in [5, 5.41) is 14.3. The van der Waals surface area contributed by atoms with E-state index in [0.717, 1.165) is 31.2 Å². The van der Waals surface area contributed by atoms with Gasteiger partial charge in [0, 0.05) is 0 Å². The van der Waals surface area contributed by atoms with Crippen molar-refractivity contribution < 1.29 is 24.2 Å². The Morgan fingerprint density at radius 1 is 1.00 bits per heavy atom. The van der Waals surface area contributed by atoms with Crippen molar-refractivity contribution >= 4 is 18.1 Å². The first-order valence-electron chi connectivity index (χ1n) is 9.20. The number of aliphatic imine (C=N–C) groups is 1. The van der Waals surface area contributed by atoms with Crippen molar-refractivity contribution in [2.24, 2.45) is 4.99 Å². The van der Waals surface area contributed by atoms with E-state index in [0.29, 0.717) is 0 Å². The molecule has 1 unspecified atom stereocenters. The van der Waals surface area contributed by atoms with E-state index in [2.05, 4.69) is 15.6 Å². The van der Waals surface area contributed by atoms with Crippen LogP contribution in [0, 0.1) is 0 Å². The number of ether oxygens (including phenoxy) is 2. The minimum Gasteiger partial charge on any atom is -0.508 e. The molecule has 1 atom stereocenters. The number of amides is 2. The molecule has 0 saturated heterocycles. The van der Waals surface area contributed by atoms with Crippen LogP contribution in [0.15, 0.2) is 29.3 Å². The predicted molar refractivity (Wildman–Crippen MR) is 103 cm³/mol. The van der Waals surface area contributed by atoms with Gasteiger partial charge in [-0.05, 0) is 37.5 Å². The van der Waals surface area contributed by atoms with Gasteiger partial charge in [0.05, 0.1) is 19.3 Å². The fraction of sp³-hybridized carbons (Fsp3) is 0.526. The Bertz CT molecular complexity index is 590. The molecule has 2 amide bonds. The highest BCUT2D eigenvalue weighted by atomic mass is 16.6. The zero-order valence-electron chi connectivity index (χ0n) is 16.2. The number of hydrogen-bond acceptors (Lipinski definition) is 6. The first-order valence-corrected chi connectivity index (χ1v) is 9.20. The van der Waals surface area contributed by atoms with Crippen LogP contribution in [0.25, 0.3) is 0 Å². The summed E-state index contributed by atoms with van der Waals surface area (Å²) in [4.78, 5) is 28.1. The van der Waals surface area contributed by atoms with E-state index in [4.69, 9.17) is 9.47 Å². The number of carbonyl (C=O) groups is 2. The van der Waals surface area contributed by atoms with Crippen LogP contribution in [-0.4, -0.2) is 36.5 Å². The zero-order chi connectivity index (χ0) is 20.1. The molecule has 0 bridgehead atoms. The second-order valence-electron chi connectivity index (χ2n) is 5.97. The number of phenols is 1. The van der Waals surface area contributed by atoms with Gasteiger partial charge in [-0.2, -0.15) is 0 Å². The summed E-state index contributed by atoms with van der Waals surface area (Å²) in [7, 11) is 0. The summed E-state index contributed by atoms with van der Waals surface area (Å²) in [5.41, 5.74) is 0.799. The van der Waals surface area contributed by atoms with Crippen LogP contribution in [0.2, 0.25) is 0 Å². The molecule has 0 heterocycles. The first-order chi connectivity index (χ1) is 13.0.